The zero-order chi connectivity index (χ0) is 14.3. The molecule has 0 unspecified atom stereocenters. The summed E-state index contributed by atoms with van der Waals surface area (Å²) in [4.78, 5) is 10.9. The van der Waals surface area contributed by atoms with E-state index in [1.54, 1.807) is 42.5 Å². The molecule has 0 saturated carbocycles. The molecule has 1 amide bonds. The van der Waals surface area contributed by atoms with Gasteiger partial charge in [-0.2, -0.15) is 15.8 Å². The summed E-state index contributed by atoms with van der Waals surface area (Å²) in [5.74, 6) is -0.220. The summed E-state index contributed by atoms with van der Waals surface area (Å²) in [6, 6.07) is 11.6. The molecule has 0 spiro atoms. The Morgan fingerprint density at radius 1 is 1.05 bits per heavy atom. The van der Waals surface area contributed by atoms with Crippen molar-refractivity contribution in [1.82, 2.24) is 0 Å². The maximum absolute atomic E-state index is 10.9. The molecule has 92 valence electrons. The predicted octanol–water partition coefficient (Wildman–Crippen LogP) is 1.88. The highest BCUT2D eigenvalue weighted by atomic mass is 16.1. The van der Waals surface area contributed by atoms with Crippen LogP contribution in [0, 0.1) is 34.0 Å². The third-order valence-electron chi connectivity index (χ3n) is 2.04. The fourth-order valence-corrected chi connectivity index (χ4v) is 1.31. The van der Waals surface area contributed by atoms with E-state index >= 15 is 0 Å². The molecule has 0 bridgehead atoms. The normalized spacial score (nSPS) is 8.32. The van der Waals surface area contributed by atoms with Crippen LogP contribution in [0.25, 0.3) is 0 Å². The number of carbonyl (C=O) groups is 1. The fourth-order valence-electron chi connectivity index (χ4n) is 1.31. The number of hydrogen-bond acceptors (Lipinski definition) is 5. The summed E-state index contributed by atoms with van der Waals surface area (Å²) in [6.07, 6.45) is 0. The highest BCUT2D eigenvalue weighted by Crippen LogP contribution is 2.17. The van der Waals surface area contributed by atoms with E-state index < -0.39 is 0 Å². The average molecular weight is 251 g/mol. The van der Waals surface area contributed by atoms with Crippen molar-refractivity contribution in [2.24, 2.45) is 0 Å². The molecule has 0 heterocycles. The van der Waals surface area contributed by atoms with E-state index in [1.165, 1.54) is 6.92 Å². The first-order valence-electron chi connectivity index (χ1n) is 5.20. The van der Waals surface area contributed by atoms with Crippen LogP contribution in [0.1, 0.15) is 6.92 Å². The molecular weight excluding hydrogens is 242 g/mol. The van der Waals surface area contributed by atoms with Gasteiger partial charge >= 0.3 is 0 Å². The summed E-state index contributed by atoms with van der Waals surface area (Å²) in [6.45, 7) is 1.38. The predicted molar refractivity (Wildman–Crippen MR) is 68.2 cm³/mol. The van der Waals surface area contributed by atoms with Gasteiger partial charge in [0.1, 0.15) is 23.9 Å². The number of nitrogens with zero attached hydrogens (tertiary/aromatic N) is 3. The number of rotatable bonds is 3. The van der Waals surface area contributed by atoms with Gasteiger partial charge in [0.15, 0.2) is 5.57 Å². The Hall–Kier alpha value is -3.30. The number of allylic oxidation sites excluding steroid dienone is 2. The Balaban J connectivity index is 3.04. The van der Waals surface area contributed by atoms with Crippen molar-refractivity contribution in [3.05, 3.63) is 35.5 Å². The van der Waals surface area contributed by atoms with Crippen LogP contribution in [0.2, 0.25) is 0 Å². The van der Waals surface area contributed by atoms with Crippen molar-refractivity contribution < 1.29 is 4.79 Å². The third-order valence-corrected chi connectivity index (χ3v) is 2.04. The van der Waals surface area contributed by atoms with Crippen LogP contribution in [-0.2, 0) is 4.79 Å². The van der Waals surface area contributed by atoms with Crippen LogP contribution in [0.15, 0.2) is 35.5 Å². The van der Waals surface area contributed by atoms with Gasteiger partial charge in [0.05, 0.1) is 0 Å². The van der Waals surface area contributed by atoms with Crippen molar-refractivity contribution in [3.8, 4) is 18.2 Å². The van der Waals surface area contributed by atoms with Crippen LogP contribution in [-0.4, -0.2) is 5.91 Å². The Morgan fingerprint density at radius 3 is 2.11 bits per heavy atom. The van der Waals surface area contributed by atoms with E-state index in [1.807, 2.05) is 0 Å². The summed E-state index contributed by atoms with van der Waals surface area (Å²) >= 11 is 0. The second kappa shape index (κ2) is 6.44. The molecule has 0 atom stereocenters. The zero-order valence-electron chi connectivity index (χ0n) is 10.1. The lowest BCUT2D eigenvalue weighted by atomic mass is 10.2. The first-order valence-corrected chi connectivity index (χ1v) is 5.20. The van der Waals surface area contributed by atoms with Crippen molar-refractivity contribution >= 4 is 17.3 Å². The molecule has 1 aromatic carbocycles. The zero-order valence-corrected chi connectivity index (χ0v) is 10.1. The molecule has 0 aliphatic rings. The van der Waals surface area contributed by atoms with Gasteiger partial charge < -0.3 is 10.6 Å². The van der Waals surface area contributed by atoms with Crippen molar-refractivity contribution in [1.29, 1.82) is 15.8 Å². The largest absolute Gasteiger partial charge is 0.345 e. The van der Waals surface area contributed by atoms with E-state index in [9.17, 15) is 4.79 Å². The van der Waals surface area contributed by atoms with Gasteiger partial charge in [-0.3, -0.25) is 4.79 Å². The number of nitriles is 3. The van der Waals surface area contributed by atoms with Crippen LogP contribution in [0.3, 0.4) is 0 Å². The summed E-state index contributed by atoms with van der Waals surface area (Å²) < 4.78 is 0. The molecule has 0 saturated heterocycles. The first-order chi connectivity index (χ1) is 9.10. The van der Waals surface area contributed by atoms with Crippen molar-refractivity contribution in [2.45, 2.75) is 6.92 Å². The maximum Gasteiger partial charge on any atom is 0.221 e. The Kier molecular flexibility index (Phi) is 4.66. The van der Waals surface area contributed by atoms with Crippen LogP contribution >= 0.6 is 0 Å². The van der Waals surface area contributed by atoms with E-state index in [2.05, 4.69) is 10.6 Å². The summed E-state index contributed by atoms with van der Waals surface area (Å²) in [5, 5.41) is 31.5. The molecule has 2 N–H and O–H groups in total. The Labute approximate surface area is 110 Å². The van der Waals surface area contributed by atoms with E-state index in [0.29, 0.717) is 11.4 Å². The number of anilines is 2. The summed E-state index contributed by atoms with van der Waals surface area (Å²) in [5.41, 5.74) is 0.605. The number of carbonyl (C=O) groups excluding carboxylic acids is 1. The second-order valence-electron chi connectivity index (χ2n) is 3.47. The number of benzene rings is 1. The quantitative estimate of drug-likeness (QED) is 0.796. The minimum absolute atomic E-state index is 0.134. The molecule has 1 rings (SSSR count). The maximum atomic E-state index is 10.9. The fraction of sp³-hybridized carbons (Fsp3) is 0.0769. The SMILES string of the molecule is CC(=O)Nc1cccc(NC(C#N)=C(C#N)C#N)c1. The summed E-state index contributed by atoms with van der Waals surface area (Å²) in [7, 11) is 0. The van der Waals surface area contributed by atoms with Gasteiger partial charge in [-0.05, 0) is 18.2 Å². The smallest absolute Gasteiger partial charge is 0.221 e. The molecule has 0 fully saturated rings. The standard InChI is InChI=1S/C13H9N5O/c1-9(19)17-11-3-2-4-12(5-11)18-13(8-16)10(6-14)7-15/h2-5,18H,1H3,(H,17,19). The van der Waals surface area contributed by atoms with E-state index in [4.69, 9.17) is 15.8 Å². The number of amides is 1. The molecule has 0 radical (unpaired) electrons. The van der Waals surface area contributed by atoms with Crippen LogP contribution in [0.4, 0.5) is 11.4 Å². The van der Waals surface area contributed by atoms with Crippen LogP contribution < -0.4 is 10.6 Å². The molecule has 6 heteroatoms. The molecule has 0 aromatic heterocycles. The monoisotopic (exact) mass is 251 g/mol. The van der Waals surface area contributed by atoms with E-state index in [0.717, 1.165) is 0 Å². The molecule has 1 aromatic rings. The first kappa shape index (κ1) is 13.8. The Bertz CT molecular complexity index is 639. The molecule has 0 aliphatic carbocycles. The highest BCUT2D eigenvalue weighted by molar-refractivity contribution is 5.89. The minimum atomic E-state index is -0.299. The highest BCUT2D eigenvalue weighted by Gasteiger charge is 2.06. The lowest BCUT2D eigenvalue weighted by Gasteiger charge is -2.07. The number of nitrogens with one attached hydrogen (secondary N) is 2. The van der Waals surface area contributed by atoms with Crippen molar-refractivity contribution in [2.75, 3.05) is 10.6 Å². The molecule has 0 aliphatic heterocycles. The lowest BCUT2D eigenvalue weighted by Crippen LogP contribution is -2.06. The van der Waals surface area contributed by atoms with Gasteiger partial charge in [0.25, 0.3) is 0 Å². The Morgan fingerprint density at radius 2 is 1.63 bits per heavy atom. The van der Waals surface area contributed by atoms with Gasteiger partial charge in [-0.1, -0.05) is 6.07 Å². The second-order valence-corrected chi connectivity index (χ2v) is 3.47. The van der Waals surface area contributed by atoms with Gasteiger partial charge in [-0.15, -0.1) is 0 Å². The third kappa shape index (κ3) is 3.89. The van der Waals surface area contributed by atoms with Gasteiger partial charge in [0.2, 0.25) is 5.91 Å². The van der Waals surface area contributed by atoms with Crippen LogP contribution in [0.5, 0.6) is 0 Å². The van der Waals surface area contributed by atoms with Gasteiger partial charge in [0, 0.05) is 18.3 Å². The van der Waals surface area contributed by atoms with E-state index in [-0.39, 0.29) is 17.2 Å². The van der Waals surface area contributed by atoms with Gasteiger partial charge in [-0.25, -0.2) is 0 Å². The topological polar surface area (TPSA) is 112 Å². The molecule has 19 heavy (non-hydrogen) atoms. The molecular formula is C13H9N5O. The number of hydrogen-bond donors (Lipinski definition) is 2. The average Bonchev–Trinajstić information content (AvgIpc) is 2.38. The lowest BCUT2D eigenvalue weighted by molar-refractivity contribution is -0.114. The van der Waals surface area contributed by atoms with Crippen molar-refractivity contribution in [3.63, 3.8) is 0 Å². The minimum Gasteiger partial charge on any atom is -0.345 e. The molecule has 6 nitrogen and oxygen atoms in total.